The van der Waals surface area contributed by atoms with Gasteiger partial charge in [-0.2, -0.15) is 5.10 Å². The molecule has 0 saturated heterocycles. The van der Waals surface area contributed by atoms with Gasteiger partial charge in [-0.1, -0.05) is 0 Å². The summed E-state index contributed by atoms with van der Waals surface area (Å²) in [6, 6.07) is 1.92. The molecule has 3 aromatic rings. The average Bonchev–Trinajstić information content (AvgIpc) is 2.94. The zero-order valence-electron chi connectivity index (χ0n) is 10.1. The largest absolute Gasteiger partial charge is 0.304 e. The van der Waals surface area contributed by atoms with Crippen LogP contribution >= 0.6 is 27.5 Å². The van der Waals surface area contributed by atoms with Gasteiger partial charge in [0.1, 0.15) is 17.7 Å². The first-order valence-electron chi connectivity index (χ1n) is 5.58. The number of fused-ring (bicyclic) bond motifs is 1. The van der Waals surface area contributed by atoms with E-state index in [1.165, 1.54) is 0 Å². The molecule has 0 N–H and O–H groups in total. The number of imidazole rings is 1. The zero-order valence-corrected chi connectivity index (χ0v) is 12.4. The third-order valence-corrected chi connectivity index (χ3v) is 3.37. The molecule has 3 aromatic heterocycles. The SMILES string of the molecule is Cn1cnc(Cn2c(CCl)nc3cc(Br)cnc32)n1. The van der Waals surface area contributed by atoms with E-state index in [4.69, 9.17) is 11.6 Å². The third kappa shape index (κ3) is 2.35. The fraction of sp³-hybridized carbons (Fsp3) is 0.273. The molecule has 3 rings (SSSR count). The van der Waals surface area contributed by atoms with Crippen molar-refractivity contribution in [2.24, 2.45) is 7.05 Å². The van der Waals surface area contributed by atoms with Gasteiger partial charge in [0, 0.05) is 17.7 Å². The second kappa shape index (κ2) is 4.90. The predicted molar refractivity (Wildman–Crippen MR) is 74.9 cm³/mol. The van der Waals surface area contributed by atoms with Crippen molar-refractivity contribution in [3.8, 4) is 0 Å². The molecule has 0 amide bonds. The lowest BCUT2D eigenvalue weighted by molar-refractivity contribution is 0.694. The maximum Gasteiger partial charge on any atom is 0.170 e. The number of nitrogens with zero attached hydrogens (tertiary/aromatic N) is 6. The minimum absolute atomic E-state index is 0.320. The number of aryl methyl sites for hydroxylation is 1. The standard InChI is InChI=1S/C11H10BrClN6/c1-18-6-15-9(17-18)5-19-10(3-13)16-8-2-7(12)4-14-11(8)19/h2,4,6H,3,5H2,1H3. The Balaban J connectivity index is 2.10. The van der Waals surface area contributed by atoms with E-state index in [1.54, 1.807) is 17.2 Å². The molecular formula is C11H10BrClN6. The molecule has 0 atom stereocenters. The molecule has 0 unspecified atom stereocenters. The van der Waals surface area contributed by atoms with Crippen LogP contribution in [0.4, 0.5) is 0 Å². The van der Waals surface area contributed by atoms with Crippen LogP contribution in [0.15, 0.2) is 23.1 Å². The third-order valence-electron chi connectivity index (χ3n) is 2.70. The number of hydrogen-bond acceptors (Lipinski definition) is 4. The molecule has 0 fully saturated rings. The minimum Gasteiger partial charge on any atom is -0.304 e. The van der Waals surface area contributed by atoms with E-state index in [0.717, 1.165) is 21.5 Å². The number of hydrogen-bond donors (Lipinski definition) is 0. The monoisotopic (exact) mass is 340 g/mol. The Labute approximate surface area is 122 Å². The Kier molecular flexibility index (Phi) is 3.24. The van der Waals surface area contributed by atoms with Gasteiger partial charge in [0.05, 0.1) is 12.4 Å². The van der Waals surface area contributed by atoms with E-state index < -0.39 is 0 Å². The van der Waals surface area contributed by atoms with Gasteiger partial charge in [-0.05, 0) is 22.0 Å². The lowest BCUT2D eigenvalue weighted by atomic mass is 10.4. The van der Waals surface area contributed by atoms with E-state index in [9.17, 15) is 0 Å². The van der Waals surface area contributed by atoms with E-state index in [1.807, 2.05) is 17.7 Å². The highest BCUT2D eigenvalue weighted by Crippen LogP contribution is 2.20. The van der Waals surface area contributed by atoms with Crippen LogP contribution in [0.25, 0.3) is 11.2 Å². The summed E-state index contributed by atoms with van der Waals surface area (Å²) >= 11 is 9.33. The summed E-state index contributed by atoms with van der Waals surface area (Å²) in [6.45, 7) is 0.508. The number of aromatic nitrogens is 6. The van der Waals surface area contributed by atoms with Crippen molar-refractivity contribution in [2.75, 3.05) is 0 Å². The summed E-state index contributed by atoms with van der Waals surface area (Å²) in [5.74, 6) is 1.79. The summed E-state index contributed by atoms with van der Waals surface area (Å²) in [6.07, 6.45) is 3.41. The van der Waals surface area contributed by atoms with Crippen molar-refractivity contribution >= 4 is 38.7 Å². The van der Waals surface area contributed by atoms with Crippen LogP contribution in [0.2, 0.25) is 0 Å². The van der Waals surface area contributed by atoms with Crippen LogP contribution in [0.5, 0.6) is 0 Å². The maximum absolute atomic E-state index is 5.95. The topological polar surface area (TPSA) is 61.4 Å². The molecule has 8 heteroatoms. The van der Waals surface area contributed by atoms with Gasteiger partial charge in [-0.15, -0.1) is 11.6 Å². The summed E-state index contributed by atoms with van der Waals surface area (Å²) < 4.78 is 4.49. The van der Waals surface area contributed by atoms with Crippen molar-refractivity contribution in [3.05, 3.63) is 34.7 Å². The molecule has 0 bridgehead atoms. The highest BCUT2D eigenvalue weighted by Gasteiger charge is 2.13. The molecule has 19 heavy (non-hydrogen) atoms. The van der Waals surface area contributed by atoms with Crippen molar-refractivity contribution < 1.29 is 0 Å². The first-order valence-corrected chi connectivity index (χ1v) is 6.91. The molecule has 0 aromatic carbocycles. The molecule has 0 spiro atoms. The predicted octanol–water partition coefficient (Wildman–Crippen LogP) is 2.11. The average molecular weight is 342 g/mol. The fourth-order valence-corrected chi connectivity index (χ4v) is 2.42. The van der Waals surface area contributed by atoms with E-state index in [0.29, 0.717) is 18.2 Å². The molecule has 0 saturated carbocycles. The zero-order chi connectivity index (χ0) is 13.4. The van der Waals surface area contributed by atoms with Gasteiger partial charge in [-0.25, -0.2) is 15.0 Å². The number of rotatable bonds is 3. The van der Waals surface area contributed by atoms with Gasteiger partial charge < -0.3 is 4.57 Å². The summed E-state index contributed by atoms with van der Waals surface area (Å²) in [4.78, 5) is 13.1. The quantitative estimate of drug-likeness (QED) is 0.685. The minimum atomic E-state index is 0.320. The normalized spacial score (nSPS) is 11.3. The lowest BCUT2D eigenvalue weighted by Crippen LogP contribution is -2.06. The molecule has 0 aliphatic carbocycles. The molecule has 0 radical (unpaired) electrons. The van der Waals surface area contributed by atoms with E-state index >= 15 is 0 Å². The van der Waals surface area contributed by atoms with Crippen molar-refractivity contribution in [1.29, 1.82) is 0 Å². The van der Waals surface area contributed by atoms with Gasteiger partial charge in [0.25, 0.3) is 0 Å². The Morgan fingerprint density at radius 3 is 2.89 bits per heavy atom. The first kappa shape index (κ1) is 12.6. The van der Waals surface area contributed by atoms with Crippen LogP contribution in [0.1, 0.15) is 11.6 Å². The molecule has 0 aliphatic rings. The molecule has 6 nitrogen and oxygen atoms in total. The Bertz CT molecular complexity index is 734. The molecule has 98 valence electrons. The number of pyridine rings is 1. The number of halogens is 2. The van der Waals surface area contributed by atoms with Crippen LogP contribution in [0.3, 0.4) is 0 Å². The Morgan fingerprint density at radius 2 is 2.21 bits per heavy atom. The number of alkyl halides is 1. The Morgan fingerprint density at radius 1 is 1.37 bits per heavy atom. The highest BCUT2D eigenvalue weighted by atomic mass is 79.9. The van der Waals surface area contributed by atoms with Crippen molar-refractivity contribution in [3.63, 3.8) is 0 Å². The van der Waals surface area contributed by atoms with Gasteiger partial charge in [0.15, 0.2) is 11.5 Å². The lowest BCUT2D eigenvalue weighted by Gasteiger charge is -2.03. The van der Waals surface area contributed by atoms with Crippen LogP contribution in [0, 0.1) is 0 Å². The Hall–Kier alpha value is -1.47. The van der Waals surface area contributed by atoms with Gasteiger partial charge in [-0.3, -0.25) is 4.68 Å². The van der Waals surface area contributed by atoms with Crippen molar-refractivity contribution in [1.82, 2.24) is 29.3 Å². The van der Waals surface area contributed by atoms with Crippen LogP contribution in [-0.2, 0) is 19.5 Å². The fourth-order valence-electron chi connectivity index (χ4n) is 1.90. The van der Waals surface area contributed by atoms with Crippen LogP contribution in [-0.4, -0.2) is 29.3 Å². The van der Waals surface area contributed by atoms with Gasteiger partial charge >= 0.3 is 0 Å². The summed E-state index contributed by atoms with van der Waals surface area (Å²) in [7, 11) is 1.83. The highest BCUT2D eigenvalue weighted by molar-refractivity contribution is 9.10. The van der Waals surface area contributed by atoms with Crippen molar-refractivity contribution in [2.45, 2.75) is 12.4 Å². The second-order valence-electron chi connectivity index (χ2n) is 4.08. The van der Waals surface area contributed by atoms with Crippen LogP contribution < -0.4 is 0 Å². The molecular weight excluding hydrogens is 332 g/mol. The molecule has 0 aliphatic heterocycles. The second-order valence-corrected chi connectivity index (χ2v) is 5.26. The summed E-state index contributed by atoms with van der Waals surface area (Å²) in [5.41, 5.74) is 1.59. The van der Waals surface area contributed by atoms with E-state index in [2.05, 4.69) is 36.0 Å². The molecule has 3 heterocycles. The first-order chi connectivity index (χ1) is 9.17. The summed E-state index contributed by atoms with van der Waals surface area (Å²) in [5, 5.41) is 4.26. The maximum atomic E-state index is 5.95. The smallest absolute Gasteiger partial charge is 0.170 e. The van der Waals surface area contributed by atoms with Gasteiger partial charge in [0.2, 0.25) is 0 Å². The van der Waals surface area contributed by atoms with E-state index in [-0.39, 0.29) is 0 Å².